The van der Waals surface area contributed by atoms with E-state index < -0.39 is 0 Å². The number of imidazole rings is 1. The second kappa shape index (κ2) is 3.63. The van der Waals surface area contributed by atoms with Crippen LogP contribution in [-0.4, -0.2) is 9.38 Å². The average Bonchev–Trinajstić information content (AvgIpc) is 2.68. The fourth-order valence-corrected chi connectivity index (χ4v) is 2.05. The number of rotatable bonds is 1. The Hall–Kier alpha value is -2.29. The Balaban J connectivity index is 2.28. The van der Waals surface area contributed by atoms with E-state index in [9.17, 15) is 0 Å². The smallest absolute Gasteiger partial charge is 0.137 e. The van der Waals surface area contributed by atoms with Crippen LogP contribution in [0.1, 0.15) is 5.69 Å². The molecule has 2 N–H and O–H groups in total. The quantitative estimate of drug-likeness (QED) is 0.689. The number of pyridine rings is 1. The van der Waals surface area contributed by atoms with Gasteiger partial charge in [0.2, 0.25) is 0 Å². The van der Waals surface area contributed by atoms with Gasteiger partial charge in [0.05, 0.1) is 5.69 Å². The van der Waals surface area contributed by atoms with Crippen molar-refractivity contribution in [2.24, 2.45) is 0 Å². The number of aromatic nitrogens is 2. The summed E-state index contributed by atoms with van der Waals surface area (Å²) in [4.78, 5) is 4.63. The highest BCUT2D eigenvalue weighted by Crippen LogP contribution is 2.24. The maximum atomic E-state index is 5.79. The number of hydrogen-bond acceptors (Lipinski definition) is 2. The third kappa shape index (κ3) is 1.56. The van der Waals surface area contributed by atoms with Gasteiger partial charge in [0, 0.05) is 23.1 Å². The SMILES string of the molecule is Cc1c(-c2ccccc2)nc2ccc(N)cn12. The lowest BCUT2D eigenvalue weighted by molar-refractivity contribution is 1.11. The summed E-state index contributed by atoms with van der Waals surface area (Å²) in [5.74, 6) is 0. The fourth-order valence-electron chi connectivity index (χ4n) is 2.05. The Bertz CT molecular complexity index is 669. The summed E-state index contributed by atoms with van der Waals surface area (Å²) < 4.78 is 2.03. The highest BCUT2D eigenvalue weighted by Gasteiger charge is 2.09. The van der Waals surface area contributed by atoms with E-state index in [1.807, 2.05) is 40.9 Å². The van der Waals surface area contributed by atoms with E-state index in [1.54, 1.807) is 0 Å². The van der Waals surface area contributed by atoms with Crippen molar-refractivity contribution < 1.29 is 0 Å². The molecule has 0 saturated carbocycles. The van der Waals surface area contributed by atoms with Crippen molar-refractivity contribution in [1.82, 2.24) is 9.38 Å². The number of aryl methyl sites for hydroxylation is 1. The Morgan fingerprint density at radius 1 is 1.06 bits per heavy atom. The van der Waals surface area contributed by atoms with E-state index in [4.69, 9.17) is 5.73 Å². The Kier molecular flexibility index (Phi) is 2.11. The molecule has 0 fully saturated rings. The summed E-state index contributed by atoms with van der Waals surface area (Å²) in [6, 6.07) is 14.0. The summed E-state index contributed by atoms with van der Waals surface area (Å²) in [6.45, 7) is 2.06. The molecule has 3 aromatic rings. The maximum Gasteiger partial charge on any atom is 0.137 e. The van der Waals surface area contributed by atoms with Crippen LogP contribution in [0.2, 0.25) is 0 Å². The van der Waals surface area contributed by atoms with Crippen LogP contribution in [0.5, 0.6) is 0 Å². The summed E-state index contributed by atoms with van der Waals surface area (Å²) in [5.41, 5.74) is 10.7. The second-order valence-electron chi connectivity index (χ2n) is 4.10. The van der Waals surface area contributed by atoms with Gasteiger partial charge >= 0.3 is 0 Å². The number of hydrogen-bond donors (Lipinski definition) is 1. The largest absolute Gasteiger partial charge is 0.398 e. The lowest BCUT2D eigenvalue weighted by atomic mass is 10.1. The van der Waals surface area contributed by atoms with Gasteiger partial charge in [0.15, 0.2) is 0 Å². The van der Waals surface area contributed by atoms with Crippen molar-refractivity contribution in [3.8, 4) is 11.3 Å². The second-order valence-corrected chi connectivity index (χ2v) is 4.10. The molecule has 0 aliphatic carbocycles. The number of fused-ring (bicyclic) bond motifs is 1. The Morgan fingerprint density at radius 3 is 2.59 bits per heavy atom. The minimum Gasteiger partial charge on any atom is -0.398 e. The monoisotopic (exact) mass is 223 g/mol. The van der Waals surface area contributed by atoms with Crippen LogP contribution in [-0.2, 0) is 0 Å². The number of nitrogens with zero attached hydrogens (tertiary/aromatic N) is 2. The van der Waals surface area contributed by atoms with E-state index in [0.717, 1.165) is 28.3 Å². The zero-order valence-corrected chi connectivity index (χ0v) is 9.59. The number of anilines is 1. The molecule has 0 aliphatic heterocycles. The minimum absolute atomic E-state index is 0.748. The van der Waals surface area contributed by atoms with Crippen molar-refractivity contribution in [1.29, 1.82) is 0 Å². The molecule has 0 saturated heterocycles. The zero-order chi connectivity index (χ0) is 11.8. The van der Waals surface area contributed by atoms with Gasteiger partial charge in [-0.25, -0.2) is 4.98 Å². The molecule has 0 unspecified atom stereocenters. The van der Waals surface area contributed by atoms with E-state index in [-0.39, 0.29) is 0 Å². The van der Waals surface area contributed by atoms with E-state index in [2.05, 4.69) is 24.0 Å². The molecule has 17 heavy (non-hydrogen) atoms. The third-order valence-corrected chi connectivity index (χ3v) is 2.93. The van der Waals surface area contributed by atoms with Crippen LogP contribution < -0.4 is 5.73 Å². The highest BCUT2D eigenvalue weighted by molar-refractivity contribution is 5.67. The zero-order valence-electron chi connectivity index (χ0n) is 9.59. The maximum absolute atomic E-state index is 5.79. The first-order valence-corrected chi connectivity index (χ1v) is 5.55. The van der Waals surface area contributed by atoms with Crippen molar-refractivity contribution in [2.75, 3.05) is 5.73 Å². The third-order valence-electron chi connectivity index (χ3n) is 2.93. The van der Waals surface area contributed by atoms with Crippen LogP contribution >= 0.6 is 0 Å². The molecule has 0 amide bonds. The molecular formula is C14H13N3. The van der Waals surface area contributed by atoms with Gasteiger partial charge in [-0.1, -0.05) is 30.3 Å². The number of benzene rings is 1. The van der Waals surface area contributed by atoms with Gasteiger partial charge in [-0.2, -0.15) is 0 Å². The van der Waals surface area contributed by atoms with Crippen LogP contribution in [0.25, 0.3) is 16.9 Å². The number of nitrogens with two attached hydrogens (primary N) is 1. The van der Waals surface area contributed by atoms with Gasteiger partial charge in [-0.3, -0.25) is 0 Å². The van der Waals surface area contributed by atoms with Crippen LogP contribution in [0, 0.1) is 6.92 Å². The molecule has 3 heteroatoms. The molecule has 0 radical (unpaired) electrons. The summed E-state index contributed by atoms with van der Waals surface area (Å²) >= 11 is 0. The summed E-state index contributed by atoms with van der Waals surface area (Å²) in [5, 5.41) is 0. The van der Waals surface area contributed by atoms with Gasteiger partial charge < -0.3 is 10.1 Å². The van der Waals surface area contributed by atoms with Crippen molar-refractivity contribution in [3.63, 3.8) is 0 Å². The van der Waals surface area contributed by atoms with Gasteiger partial charge in [-0.15, -0.1) is 0 Å². The molecule has 0 aliphatic rings. The summed E-state index contributed by atoms with van der Waals surface area (Å²) in [7, 11) is 0. The van der Waals surface area contributed by atoms with Crippen molar-refractivity contribution >= 4 is 11.3 Å². The molecule has 0 bridgehead atoms. The van der Waals surface area contributed by atoms with E-state index in [0.29, 0.717) is 0 Å². The molecule has 1 aromatic carbocycles. The first kappa shape index (κ1) is 9.90. The lowest BCUT2D eigenvalue weighted by Gasteiger charge is -1.99. The molecule has 3 rings (SSSR count). The Labute approximate surface area is 99.5 Å². The van der Waals surface area contributed by atoms with Crippen molar-refractivity contribution in [3.05, 3.63) is 54.4 Å². The van der Waals surface area contributed by atoms with Crippen LogP contribution in [0.3, 0.4) is 0 Å². The van der Waals surface area contributed by atoms with E-state index >= 15 is 0 Å². The molecule has 2 heterocycles. The average molecular weight is 223 g/mol. The topological polar surface area (TPSA) is 43.3 Å². The number of nitrogen functional groups attached to an aromatic ring is 1. The predicted molar refractivity (Wildman–Crippen MR) is 69.8 cm³/mol. The Morgan fingerprint density at radius 2 is 1.82 bits per heavy atom. The predicted octanol–water partition coefficient (Wildman–Crippen LogP) is 2.89. The normalized spacial score (nSPS) is 10.9. The van der Waals surface area contributed by atoms with Gasteiger partial charge in [-0.05, 0) is 19.1 Å². The van der Waals surface area contributed by atoms with Gasteiger partial charge in [0.25, 0.3) is 0 Å². The molecular weight excluding hydrogens is 210 g/mol. The minimum atomic E-state index is 0.748. The molecule has 0 spiro atoms. The van der Waals surface area contributed by atoms with Crippen LogP contribution in [0.15, 0.2) is 48.7 Å². The summed E-state index contributed by atoms with van der Waals surface area (Å²) in [6.07, 6.45) is 1.91. The first-order valence-electron chi connectivity index (χ1n) is 5.55. The molecule has 3 nitrogen and oxygen atoms in total. The molecule has 2 aromatic heterocycles. The lowest BCUT2D eigenvalue weighted by Crippen LogP contribution is -1.91. The van der Waals surface area contributed by atoms with E-state index in [1.165, 1.54) is 0 Å². The fraction of sp³-hybridized carbons (Fsp3) is 0.0714. The van der Waals surface area contributed by atoms with Crippen LogP contribution in [0.4, 0.5) is 5.69 Å². The van der Waals surface area contributed by atoms with Crippen molar-refractivity contribution in [2.45, 2.75) is 6.92 Å². The standard InChI is InChI=1S/C14H13N3/c1-10-14(11-5-3-2-4-6-11)16-13-8-7-12(15)9-17(10)13/h2-9H,15H2,1H3. The molecule has 0 atom stereocenters. The highest BCUT2D eigenvalue weighted by atomic mass is 15.0. The first-order chi connectivity index (χ1) is 8.25. The van der Waals surface area contributed by atoms with Gasteiger partial charge in [0.1, 0.15) is 5.65 Å². The molecule has 84 valence electrons.